The van der Waals surface area contributed by atoms with Crippen molar-refractivity contribution in [3.05, 3.63) is 24.3 Å². The maximum Gasteiger partial charge on any atom is 0.243 e. The van der Waals surface area contributed by atoms with Gasteiger partial charge in [-0.1, -0.05) is 0 Å². The largest absolute Gasteiger partial charge is 0.497 e. The Morgan fingerprint density at radius 2 is 1.86 bits per heavy atom. The molecular formula is C13H19N3O4S. The van der Waals surface area contributed by atoms with Crippen molar-refractivity contribution < 1.29 is 17.9 Å². The van der Waals surface area contributed by atoms with Gasteiger partial charge in [0.15, 0.2) is 0 Å². The molecule has 1 aromatic carbocycles. The van der Waals surface area contributed by atoms with Crippen LogP contribution in [0.1, 0.15) is 12.8 Å². The zero-order chi connectivity index (χ0) is 15.5. The first kappa shape index (κ1) is 15.7. The minimum Gasteiger partial charge on any atom is -0.497 e. The van der Waals surface area contributed by atoms with Gasteiger partial charge in [-0.05, 0) is 37.1 Å². The van der Waals surface area contributed by atoms with E-state index >= 15 is 0 Å². The topological polar surface area (TPSA) is 102 Å². The highest BCUT2D eigenvalue weighted by atomic mass is 32.2. The molecular weight excluding hydrogens is 294 g/mol. The van der Waals surface area contributed by atoms with Crippen LogP contribution in [0.15, 0.2) is 29.2 Å². The highest BCUT2D eigenvalue weighted by Crippen LogP contribution is 2.25. The standard InChI is InChI=1S/C13H19N3O4S/c1-20-11-2-4-12(5-3-11)21(18,19)16-8-6-10(7-9-16)13(17)15-14/h2-5,10H,6-9,14H2,1H3,(H,15,17). The van der Waals surface area contributed by atoms with Gasteiger partial charge in [-0.25, -0.2) is 14.3 Å². The second-order valence-electron chi connectivity index (χ2n) is 4.86. The van der Waals surface area contributed by atoms with Gasteiger partial charge in [0.2, 0.25) is 15.9 Å². The molecule has 0 aromatic heterocycles. The van der Waals surface area contributed by atoms with Crippen LogP contribution in [0.5, 0.6) is 5.75 Å². The molecule has 21 heavy (non-hydrogen) atoms. The summed E-state index contributed by atoms with van der Waals surface area (Å²) in [6, 6.07) is 6.27. The predicted octanol–water partition coefficient (Wildman–Crippen LogP) is 0.0858. The Balaban J connectivity index is 2.09. The normalized spacial score (nSPS) is 17.4. The maximum atomic E-state index is 12.5. The van der Waals surface area contributed by atoms with E-state index in [9.17, 15) is 13.2 Å². The average Bonchev–Trinajstić information content (AvgIpc) is 2.54. The molecule has 1 aliphatic heterocycles. The van der Waals surface area contributed by atoms with Gasteiger partial charge in [-0.2, -0.15) is 4.31 Å². The molecule has 0 atom stereocenters. The molecule has 1 aromatic rings. The van der Waals surface area contributed by atoms with E-state index in [1.807, 2.05) is 0 Å². The van der Waals surface area contributed by atoms with Crippen LogP contribution in [-0.4, -0.2) is 38.8 Å². The van der Waals surface area contributed by atoms with E-state index in [1.165, 1.54) is 23.5 Å². The number of piperidine rings is 1. The number of rotatable bonds is 4. The first-order valence-electron chi connectivity index (χ1n) is 6.63. The number of ether oxygens (including phenoxy) is 1. The lowest BCUT2D eigenvalue weighted by molar-refractivity contribution is -0.126. The van der Waals surface area contributed by atoms with Crippen molar-refractivity contribution in [2.24, 2.45) is 11.8 Å². The number of nitrogens with one attached hydrogen (secondary N) is 1. The number of hydrogen-bond acceptors (Lipinski definition) is 5. The fourth-order valence-corrected chi connectivity index (χ4v) is 3.84. The fourth-order valence-electron chi connectivity index (χ4n) is 2.37. The second kappa shape index (κ2) is 6.42. The number of carbonyl (C=O) groups is 1. The number of carbonyl (C=O) groups excluding carboxylic acids is 1. The Hall–Kier alpha value is -1.64. The smallest absolute Gasteiger partial charge is 0.243 e. The molecule has 0 saturated carbocycles. The summed E-state index contributed by atoms with van der Waals surface area (Å²) in [4.78, 5) is 11.7. The molecule has 0 aliphatic carbocycles. The van der Waals surface area contributed by atoms with E-state index in [0.717, 1.165) is 0 Å². The second-order valence-corrected chi connectivity index (χ2v) is 6.80. The van der Waals surface area contributed by atoms with Gasteiger partial charge in [-0.3, -0.25) is 10.2 Å². The van der Waals surface area contributed by atoms with E-state index in [4.69, 9.17) is 10.6 Å². The summed E-state index contributed by atoms with van der Waals surface area (Å²) in [6.07, 6.45) is 0.941. The molecule has 1 aliphatic rings. The third kappa shape index (κ3) is 3.34. The van der Waals surface area contributed by atoms with Crippen LogP contribution in [0.3, 0.4) is 0 Å². The van der Waals surface area contributed by atoms with Crippen LogP contribution in [0.25, 0.3) is 0 Å². The molecule has 3 N–H and O–H groups in total. The molecule has 0 unspecified atom stereocenters. The highest BCUT2D eigenvalue weighted by Gasteiger charge is 2.31. The number of methoxy groups -OCH3 is 1. The number of nitrogens with zero attached hydrogens (tertiary/aromatic N) is 1. The summed E-state index contributed by atoms with van der Waals surface area (Å²) >= 11 is 0. The average molecular weight is 313 g/mol. The van der Waals surface area contributed by atoms with Gasteiger partial charge in [0.25, 0.3) is 0 Å². The molecule has 1 saturated heterocycles. The molecule has 0 spiro atoms. The third-order valence-electron chi connectivity index (χ3n) is 3.66. The zero-order valence-corrected chi connectivity index (χ0v) is 12.6. The molecule has 8 heteroatoms. The van der Waals surface area contributed by atoms with Gasteiger partial charge in [0.05, 0.1) is 12.0 Å². The van der Waals surface area contributed by atoms with Crippen molar-refractivity contribution in [3.8, 4) is 5.75 Å². The number of nitrogens with two attached hydrogens (primary N) is 1. The number of amides is 1. The van der Waals surface area contributed by atoms with Crippen molar-refractivity contribution in [2.75, 3.05) is 20.2 Å². The Labute approximate surface area is 124 Å². The SMILES string of the molecule is COc1ccc(S(=O)(=O)N2CCC(C(=O)NN)CC2)cc1. The summed E-state index contributed by atoms with van der Waals surface area (Å²) in [5.74, 6) is 5.24. The van der Waals surface area contributed by atoms with Crippen molar-refractivity contribution in [3.63, 3.8) is 0 Å². The monoisotopic (exact) mass is 313 g/mol. The van der Waals surface area contributed by atoms with Gasteiger partial charge >= 0.3 is 0 Å². The van der Waals surface area contributed by atoms with E-state index < -0.39 is 10.0 Å². The van der Waals surface area contributed by atoms with Crippen molar-refractivity contribution in [2.45, 2.75) is 17.7 Å². The first-order chi connectivity index (χ1) is 9.98. The van der Waals surface area contributed by atoms with Gasteiger partial charge < -0.3 is 4.74 Å². The van der Waals surface area contributed by atoms with E-state index in [2.05, 4.69) is 5.43 Å². The lowest BCUT2D eigenvalue weighted by Crippen LogP contribution is -2.44. The lowest BCUT2D eigenvalue weighted by atomic mass is 9.98. The third-order valence-corrected chi connectivity index (χ3v) is 5.58. The van der Waals surface area contributed by atoms with Gasteiger partial charge in [-0.15, -0.1) is 0 Å². The summed E-state index contributed by atoms with van der Waals surface area (Å²) in [7, 11) is -2.00. The first-order valence-corrected chi connectivity index (χ1v) is 8.07. The molecule has 1 amide bonds. The minimum absolute atomic E-state index is 0.225. The maximum absolute atomic E-state index is 12.5. The molecule has 1 fully saturated rings. The van der Waals surface area contributed by atoms with E-state index in [1.54, 1.807) is 12.1 Å². The van der Waals surface area contributed by atoms with Crippen LogP contribution in [0.2, 0.25) is 0 Å². The lowest BCUT2D eigenvalue weighted by Gasteiger charge is -2.30. The number of hydrogen-bond donors (Lipinski definition) is 2. The van der Waals surface area contributed by atoms with E-state index in [-0.39, 0.29) is 16.7 Å². The highest BCUT2D eigenvalue weighted by molar-refractivity contribution is 7.89. The molecule has 116 valence electrons. The van der Waals surface area contributed by atoms with Crippen LogP contribution in [0, 0.1) is 5.92 Å². The predicted molar refractivity (Wildman–Crippen MR) is 76.8 cm³/mol. The molecule has 1 heterocycles. The van der Waals surface area contributed by atoms with Crippen molar-refractivity contribution in [1.82, 2.24) is 9.73 Å². The van der Waals surface area contributed by atoms with Gasteiger partial charge in [0, 0.05) is 19.0 Å². The van der Waals surface area contributed by atoms with Gasteiger partial charge in [0.1, 0.15) is 5.75 Å². The van der Waals surface area contributed by atoms with Crippen LogP contribution < -0.4 is 16.0 Å². The summed E-state index contributed by atoms with van der Waals surface area (Å²) in [5, 5.41) is 0. The summed E-state index contributed by atoms with van der Waals surface area (Å²) < 4.78 is 31.4. The van der Waals surface area contributed by atoms with Crippen LogP contribution >= 0.6 is 0 Å². The molecule has 2 rings (SSSR count). The Morgan fingerprint density at radius 1 is 1.29 bits per heavy atom. The molecule has 0 radical (unpaired) electrons. The van der Waals surface area contributed by atoms with Crippen LogP contribution in [-0.2, 0) is 14.8 Å². The fraction of sp³-hybridized carbons (Fsp3) is 0.462. The Morgan fingerprint density at radius 3 is 2.33 bits per heavy atom. The summed E-state index contributed by atoms with van der Waals surface area (Å²) in [6.45, 7) is 0.624. The van der Waals surface area contributed by atoms with Crippen LogP contribution in [0.4, 0.5) is 0 Å². The number of benzene rings is 1. The van der Waals surface area contributed by atoms with Crippen molar-refractivity contribution >= 4 is 15.9 Å². The molecule has 0 bridgehead atoms. The summed E-state index contributed by atoms with van der Waals surface area (Å²) in [5.41, 5.74) is 2.11. The number of hydrazine groups is 1. The Bertz CT molecular complexity index is 592. The molecule has 7 nitrogen and oxygen atoms in total. The van der Waals surface area contributed by atoms with E-state index in [0.29, 0.717) is 31.7 Å². The number of sulfonamides is 1. The van der Waals surface area contributed by atoms with Crippen molar-refractivity contribution in [1.29, 1.82) is 0 Å². The zero-order valence-electron chi connectivity index (χ0n) is 11.8. The quantitative estimate of drug-likeness (QED) is 0.466. The Kier molecular flexibility index (Phi) is 4.81. The minimum atomic E-state index is -3.53.